The van der Waals surface area contributed by atoms with Crippen molar-refractivity contribution in [1.29, 1.82) is 0 Å². The Morgan fingerprint density at radius 3 is 2.85 bits per heavy atom. The number of aliphatic hydroxyl groups is 1. The first-order valence-electron chi connectivity index (χ1n) is 4.37. The molecule has 0 saturated carbocycles. The van der Waals surface area contributed by atoms with E-state index < -0.39 is 0 Å². The topological polar surface area (TPSA) is 20.2 Å². The van der Waals surface area contributed by atoms with Crippen molar-refractivity contribution in [3.63, 3.8) is 0 Å². The molecule has 1 nitrogen and oxygen atoms in total. The molecule has 0 fully saturated rings. The Kier molecular flexibility index (Phi) is 2.51. The number of hydrogen-bond donors (Lipinski definition) is 1. The average Bonchev–Trinajstić information content (AvgIpc) is 2.51. The van der Waals surface area contributed by atoms with Gasteiger partial charge in [0.1, 0.15) is 0 Å². The fourth-order valence-corrected chi connectivity index (χ4v) is 2.10. The first-order valence-corrected chi connectivity index (χ1v) is 5.17. The lowest BCUT2D eigenvalue weighted by molar-refractivity contribution is 0.171. The Balaban J connectivity index is 2.29. The van der Waals surface area contributed by atoms with E-state index in [0.29, 0.717) is 0 Å². The molecule has 2 rings (SSSR count). The summed E-state index contributed by atoms with van der Waals surface area (Å²) in [5.74, 6) is 0.178. The van der Waals surface area contributed by atoms with Crippen molar-refractivity contribution < 1.29 is 5.11 Å². The Hall–Kier alpha value is -0.600. The van der Waals surface area contributed by atoms with Crippen LogP contribution in [0.4, 0.5) is 0 Å². The zero-order valence-electron chi connectivity index (χ0n) is 7.15. The fraction of sp³-hybridized carbons (Fsp3) is 0.273. The van der Waals surface area contributed by atoms with Crippen LogP contribution in [-0.2, 0) is 0 Å². The zero-order valence-corrected chi connectivity index (χ0v) is 8.74. The summed E-state index contributed by atoms with van der Waals surface area (Å²) in [4.78, 5) is 0. The molecular weight excluding hydrogens is 228 g/mol. The van der Waals surface area contributed by atoms with Gasteiger partial charge in [0.25, 0.3) is 0 Å². The van der Waals surface area contributed by atoms with E-state index in [9.17, 15) is 5.11 Å². The van der Waals surface area contributed by atoms with Gasteiger partial charge in [0, 0.05) is 10.4 Å². The van der Waals surface area contributed by atoms with E-state index in [4.69, 9.17) is 0 Å². The van der Waals surface area contributed by atoms with Crippen molar-refractivity contribution in [1.82, 2.24) is 0 Å². The van der Waals surface area contributed by atoms with Crippen LogP contribution in [0.5, 0.6) is 0 Å². The van der Waals surface area contributed by atoms with Gasteiger partial charge in [0.05, 0.1) is 6.10 Å². The van der Waals surface area contributed by atoms with Crippen molar-refractivity contribution in [2.75, 3.05) is 0 Å². The van der Waals surface area contributed by atoms with Crippen molar-refractivity contribution in [3.05, 3.63) is 46.5 Å². The largest absolute Gasteiger partial charge is 0.392 e. The molecule has 0 spiro atoms. The number of halogens is 1. The molecule has 1 aliphatic rings. The molecular formula is C11H11BrO. The highest BCUT2D eigenvalue weighted by atomic mass is 79.9. The zero-order chi connectivity index (χ0) is 9.26. The highest BCUT2D eigenvalue weighted by Crippen LogP contribution is 2.29. The smallest absolute Gasteiger partial charge is 0.0677 e. The van der Waals surface area contributed by atoms with Gasteiger partial charge in [-0.25, -0.2) is 0 Å². The molecule has 0 radical (unpaired) electrons. The van der Waals surface area contributed by atoms with Gasteiger partial charge in [0.2, 0.25) is 0 Å². The maximum absolute atomic E-state index is 9.66. The third-order valence-electron chi connectivity index (χ3n) is 2.37. The van der Waals surface area contributed by atoms with Crippen LogP contribution in [0.15, 0.2) is 40.9 Å². The third kappa shape index (κ3) is 1.84. The summed E-state index contributed by atoms with van der Waals surface area (Å²) in [6, 6.07) is 8.10. The average molecular weight is 239 g/mol. The highest BCUT2D eigenvalue weighted by molar-refractivity contribution is 9.10. The second-order valence-electron chi connectivity index (χ2n) is 3.31. The van der Waals surface area contributed by atoms with Crippen LogP contribution in [0.25, 0.3) is 0 Å². The van der Waals surface area contributed by atoms with Crippen molar-refractivity contribution in [3.8, 4) is 0 Å². The summed E-state index contributed by atoms with van der Waals surface area (Å²) < 4.78 is 1.07. The fourth-order valence-electron chi connectivity index (χ4n) is 1.69. The monoisotopic (exact) mass is 238 g/mol. The molecule has 0 bridgehead atoms. The van der Waals surface area contributed by atoms with Crippen LogP contribution in [0, 0.1) is 0 Å². The predicted molar refractivity (Wildman–Crippen MR) is 56.6 cm³/mol. The Labute approximate surface area is 86.2 Å². The first-order chi connectivity index (χ1) is 6.27. The standard InChI is InChI=1S/C11H11BrO/c12-9-4-1-3-8(7-9)10-5-2-6-11(10)13/h1-5,7,10-11,13H,6H2/t10-,11+/m0/s1. The molecule has 2 atom stereocenters. The lowest BCUT2D eigenvalue weighted by Crippen LogP contribution is -2.11. The lowest BCUT2D eigenvalue weighted by Gasteiger charge is -2.13. The third-order valence-corrected chi connectivity index (χ3v) is 2.86. The van der Waals surface area contributed by atoms with Gasteiger partial charge in [-0.05, 0) is 24.1 Å². The van der Waals surface area contributed by atoms with Crippen LogP contribution >= 0.6 is 15.9 Å². The molecule has 2 heteroatoms. The number of rotatable bonds is 1. The lowest BCUT2D eigenvalue weighted by atomic mass is 9.97. The van der Waals surface area contributed by atoms with Crippen LogP contribution in [-0.4, -0.2) is 11.2 Å². The Morgan fingerprint density at radius 2 is 2.23 bits per heavy atom. The molecule has 0 saturated heterocycles. The first kappa shape index (κ1) is 8.97. The maximum Gasteiger partial charge on any atom is 0.0677 e. The van der Waals surface area contributed by atoms with Gasteiger partial charge in [-0.3, -0.25) is 0 Å². The van der Waals surface area contributed by atoms with Gasteiger partial charge in [-0.2, -0.15) is 0 Å². The second-order valence-corrected chi connectivity index (χ2v) is 4.23. The SMILES string of the molecule is O[C@@H]1CC=C[C@H]1c1cccc(Br)c1. The molecule has 0 aromatic heterocycles. The van der Waals surface area contributed by atoms with E-state index in [2.05, 4.69) is 28.1 Å². The summed E-state index contributed by atoms with van der Waals surface area (Å²) in [5.41, 5.74) is 1.18. The Bertz CT molecular complexity index is 333. The summed E-state index contributed by atoms with van der Waals surface area (Å²) in [6.07, 6.45) is 4.65. The van der Waals surface area contributed by atoms with Crippen molar-refractivity contribution in [2.45, 2.75) is 18.4 Å². The summed E-state index contributed by atoms with van der Waals surface area (Å²) in [7, 11) is 0. The van der Waals surface area contributed by atoms with Crippen LogP contribution in [0.1, 0.15) is 17.9 Å². The Morgan fingerprint density at radius 1 is 1.38 bits per heavy atom. The predicted octanol–water partition coefficient (Wildman–Crippen LogP) is 2.85. The summed E-state index contributed by atoms with van der Waals surface area (Å²) in [5, 5.41) is 9.66. The molecule has 68 valence electrons. The van der Waals surface area contributed by atoms with Gasteiger partial charge in [-0.1, -0.05) is 40.2 Å². The number of hydrogen-bond acceptors (Lipinski definition) is 1. The molecule has 0 aliphatic heterocycles. The quantitative estimate of drug-likeness (QED) is 0.747. The van der Waals surface area contributed by atoms with E-state index in [-0.39, 0.29) is 12.0 Å². The van der Waals surface area contributed by atoms with Crippen LogP contribution in [0.3, 0.4) is 0 Å². The molecule has 1 N–H and O–H groups in total. The minimum absolute atomic E-state index is 0.178. The van der Waals surface area contributed by atoms with Crippen LogP contribution < -0.4 is 0 Å². The maximum atomic E-state index is 9.66. The molecule has 13 heavy (non-hydrogen) atoms. The van der Waals surface area contributed by atoms with Gasteiger partial charge >= 0.3 is 0 Å². The van der Waals surface area contributed by atoms with Gasteiger partial charge in [0.15, 0.2) is 0 Å². The normalized spacial score (nSPS) is 26.6. The van der Waals surface area contributed by atoms with Crippen LogP contribution in [0.2, 0.25) is 0 Å². The van der Waals surface area contributed by atoms with E-state index in [1.54, 1.807) is 0 Å². The molecule has 0 unspecified atom stereocenters. The molecule has 1 aromatic rings. The number of benzene rings is 1. The van der Waals surface area contributed by atoms with Gasteiger partial charge < -0.3 is 5.11 Å². The van der Waals surface area contributed by atoms with E-state index in [1.165, 1.54) is 5.56 Å². The second kappa shape index (κ2) is 3.64. The van der Waals surface area contributed by atoms with Crippen molar-refractivity contribution >= 4 is 15.9 Å². The summed E-state index contributed by atoms with van der Waals surface area (Å²) >= 11 is 3.42. The van der Waals surface area contributed by atoms with Gasteiger partial charge in [-0.15, -0.1) is 0 Å². The molecule has 0 amide bonds. The molecule has 0 heterocycles. The minimum atomic E-state index is -0.241. The minimum Gasteiger partial charge on any atom is -0.392 e. The summed E-state index contributed by atoms with van der Waals surface area (Å²) in [6.45, 7) is 0. The molecule has 1 aromatic carbocycles. The van der Waals surface area contributed by atoms with E-state index in [0.717, 1.165) is 10.9 Å². The van der Waals surface area contributed by atoms with E-state index in [1.807, 2.05) is 24.3 Å². The van der Waals surface area contributed by atoms with Crippen molar-refractivity contribution in [2.24, 2.45) is 0 Å². The molecule has 1 aliphatic carbocycles. The highest BCUT2D eigenvalue weighted by Gasteiger charge is 2.21. The number of aliphatic hydroxyl groups excluding tert-OH is 1. The van der Waals surface area contributed by atoms with E-state index >= 15 is 0 Å².